The number of para-hydroxylation sites is 1. The lowest BCUT2D eigenvalue weighted by Gasteiger charge is -2.06. The second-order valence-electron chi connectivity index (χ2n) is 5.60. The summed E-state index contributed by atoms with van der Waals surface area (Å²) in [5.41, 5.74) is 0.502. The van der Waals surface area contributed by atoms with E-state index in [1.807, 2.05) is 6.07 Å². The van der Waals surface area contributed by atoms with Gasteiger partial charge in [-0.25, -0.2) is 4.98 Å². The van der Waals surface area contributed by atoms with Gasteiger partial charge in [-0.1, -0.05) is 49.1 Å². The molecule has 2 aromatic heterocycles. The molecular weight excluding hydrogens is 358 g/mol. The van der Waals surface area contributed by atoms with Gasteiger partial charge in [0.1, 0.15) is 0 Å². The first-order valence-corrected chi connectivity index (χ1v) is 9.47. The summed E-state index contributed by atoms with van der Waals surface area (Å²) >= 11 is 2.94. The van der Waals surface area contributed by atoms with Crippen molar-refractivity contribution in [1.82, 2.24) is 19.7 Å². The van der Waals surface area contributed by atoms with Crippen molar-refractivity contribution < 1.29 is 4.79 Å². The van der Waals surface area contributed by atoms with Gasteiger partial charge in [-0.05, 0) is 12.1 Å². The minimum atomic E-state index is -0.211. The van der Waals surface area contributed by atoms with E-state index in [0.29, 0.717) is 21.3 Å². The zero-order chi connectivity index (χ0) is 17.8. The van der Waals surface area contributed by atoms with E-state index in [2.05, 4.69) is 34.3 Å². The van der Waals surface area contributed by atoms with Gasteiger partial charge in [-0.3, -0.25) is 14.2 Å². The zero-order valence-electron chi connectivity index (χ0n) is 13.8. The first-order valence-electron chi connectivity index (χ1n) is 7.77. The van der Waals surface area contributed by atoms with Crippen molar-refractivity contribution in [2.75, 3.05) is 5.32 Å². The Balaban J connectivity index is 1.62. The third-order valence-electron chi connectivity index (χ3n) is 3.30. The molecule has 0 aliphatic rings. The maximum atomic E-state index is 12.4. The number of anilines is 1. The minimum absolute atomic E-state index is 0.148. The quantitative estimate of drug-likeness (QED) is 0.526. The molecule has 3 aromatic rings. The average molecular weight is 375 g/mol. The molecule has 0 unspecified atom stereocenters. The van der Waals surface area contributed by atoms with Gasteiger partial charge in [0.15, 0.2) is 4.34 Å². The molecule has 2 heterocycles. The predicted octanol–water partition coefficient (Wildman–Crippen LogP) is 2.78. The van der Waals surface area contributed by atoms with Crippen LogP contribution in [0, 0.1) is 0 Å². The van der Waals surface area contributed by atoms with Crippen molar-refractivity contribution in [2.24, 2.45) is 0 Å². The lowest BCUT2D eigenvalue weighted by molar-refractivity contribution is -0.116. The highest BCUT2D eigenvalue weighted by atomic mass is 32.2. The van der Waals surface area contributed by atoms with Gasteiger partial charge >= 0.3 is 0 Å². The number of carbonyl (C=O) groups is 1. The molecule has 3 rings (SSSR count). The van der Waals surface area contributed by atoms with Gasteiger partial charge in [-0.15, -0.1) is 10.2 Å². The van der Waals surface area contributed by atoms with Crippen molar-refractivity contribution in [3.05, 3.63) is 40.9 Å². The van der Waals surface area contributed by atoms with E-state index in [1.54, 1.807) is 30.0 Å². The van der Waals surface area contributed by atoms with Gasteiger partial charge in [0.05, 0.1) is 17.2 Å². The third-order valence-corrected chi connectivity index (χ3v) is 5.23. The molecule has 0 radical (unpaired) electrons. The molecule has 0 aliphatic carbocycles. The number of benzene rings is 1. The van der Waals surface area contributed by atoms with E-state index in [-0.39, 0.29) is 24.4 Å². The number of aromatic nitrogens is 4. The number of nitrogens with zero attached hydrogens (tertiary/aromatic N) is 4. The highest BCUT2D eigenvalue weighted by molar-refractivity contribution is 8.01. The van der Waals surface area contributed by atoms with E-state index >= 15 is 0 Å². The topological polar surface area (TPSA) is 89.8 Å². The van der Waals surface area contributed by atoms with Crippen LogP contribution in [0.25, 0.3) is 10.9 Å². The van der Waals surface area contributed by atoms with Crippen LogP contribution >= 0.6 is 23.1 Å². The standard InChI is InChI=1S/C16H17N5O2S2/c1-10(2)24-16-20-19-15(25-16)18-13(22)7-8-21-9-17-12-6-4-3-5-11(12)14(21)23/h3-6,9-10H,7-8H2,1-2H3,(H,18,19,22). The van der Waals surface area contributed by atoms with Gasteiger partial charge in [0.25, 0.3) is 5.56 Å². The van der Waals surface area contributed by atoms with E-state index in [1.165, 1.54) is 22.2 Å². The molecule has 9 heteroatoms. The van der Waals surface area contributed by atoms with E-state index in [4.69, 9.17) is 0 Å². The van der Waals surface area contributed by atoms with E-state index in [0.717, 1.165) is 4.34 Å². The summed E-state index contributed by atoms with van der Waals surface area (Å²) in [7, 11) is 0. The summed E-state index contributed by atoms with van der Waals surface area (Å²) in [5, 5.41) is 12.1. The molecule has 0 saturated carbocycles. The van der Waals surface area contributed by atoms with E-state index < -0.39 is 0 Å². The van der Waals surface area contributed by atoms with Crippen molar-refractivity contribution in [1.29, 1.82) is 0 Å². The second kappa shape index (κ2) is 7.75. The molecule has 1 amide bonds. The van der Waals surface area contributed by atoms with Crippen LogP contribution in [-0.2, 0) is 11.3 Å². The molecule has 0 atom stereocenters. The summed E-state index contributed by atoms with van der Waals surface area (Å²) in [6, 6.07) is 7.15. The maximum Gasteiger partial charge on any atom is 0.261 e. The van der Waals surface area contributed by atoms with Crippen LogP contribution in [-0.4, -0.2) is 30.9 Å². The number of thioether (sulfide) groups is 1. The molecule has 1 aromatic carbocycles. The van der Waals surface area contributed by atoms with Crippen LogP contribution in [0.15, 0.2) is 39.7 Å². The largest absolute Gasteiger partial charge is 0.300 e. The summed E-state index contributed by atoms with van der Waals surface area (Å²) in [6.07, 6.45) is 1.63. The maximum absolute atomic E-state index is 12.4. The highest BCUT2D eigenvalue weighted by Gasteiger charge is 2.11. The lowest BCUT2D eigenvalue weighted by atomic mass is 10.2. The Kier molecular flexibility index (Phi) is 5.44. The zero-order valence-corrected chi connectivity index (χ0v) is 15.4. The average Bonchev–Trinajstić information content (AvgIpc) is 3.00. The second-order valence-corrected chi connectivity index (χ2v) is 8.40. The minimum Gasteiger partial charge on any atom is -0.300 e. The van der Waals surface area contributed by atoms with Crippen LogP contribution in [0.2, 0.25) is 0 Å². The van der Waals surface area contributed by atoms with Crippen LogP contribution in [0.1, 0.15) is 20.3 Å². The summed E-state index contributed by atoms with van der Waals surface area (Å²) in [5.74, 6) is -0.211. The number of hydrogen-bond donors (Lipinski definition) is 1. The Hall–Kier alpha value is -2.26. The van der Waals surface area contributed by atoms with Crippen LogP contribution in [0.4, 0.5) is 5.13 Å². The Labute approximate surface area is 152 Å². The summed E-state index contributed by atoms with van der Waals surface area (Å²) in [4.78, 5) is 28.7. The van der Waals surface area contributed by atoms with E-state index in [9.17, 15) is 9.59 Å². The Morgan fingerprint density at radius 1 is 1.32 bits per heavy atom. The monoisotopic (exact) mass is 375 g/mol. The molecule has 25 heavy (non-hydrogen) atoms. The lowest BCUT2D eigenvalue weighted by Crippen LogP contribution is -2.23. The fourth-order valence-electron chi connectivity index (χ4n) is 2.18. The van der Waals surface area contributed by atoms with Crippen molar-refractivity contribution >= 4 is 45.0 Å². The molecule has 130 valence electrons. The van der Waals surface area contributed by atoms with Crippen molar-refractivity contribution in [3.63, 3.8) is 0 Å². The van der Waals surface area contributed by atoms with Gasteiger partial charge in [0.2, 0.25) is 11.0 Å². The normalized spacial score (nSPS) is 11.2. The number of aryl methyl sites for hydroxylation is 1. The number of rotatable bonds is 6. The van der Waals surface area contributed by atoms with Crippen LogP contribution in [0.5, 0.6) is 0 Å². The smallest absolute Gasteiger partial charge is 0.261 e. The van der Waals surface area contributed by atoms with Crippen LogP contribution < -0.4 is 10.9 Å². The first-order chi connectivity index (χ1) is 12.0. The highest BCUT2D eigenvalue weighted by Crippen LogP contribution is 2.28. The number of amides is 1. The Morgan fingerprint density at radius 3 is 2.92 bits per heavy atom. The van der Waals surface area contributed by atoms with Crippen molar-refractivity contribution in [2.45, 2.75) is 36.4 Å². The summed E-state index contributed by atoms with van der Waals surface area (Å²) in [6.45, 7) is 4.40. The fraction of sp³-hybridized carbons (Fsp3) is 0.312. The first kappa shape index (κ1) is 17.6. The number of hydrogen-bond acceptors (Lipinski definition) is 7. The van der Waals surface area contributed by atoms with Crippen LogP contribution in [0.3, 0.4) is 0 Å². The van der Waals surface area contributed by atoms with Gasteiger partial charge in [-0.2, -0.15) is 0 Å². The van der Waals surface area contributed by atoms with Gasteiger partial charge < -0.3 is 5.32 Å². The van der Waals surface area contributed by atoms with Crippen molar-refractivity contribution in [3.8, 4) is 0 Å². The Bertz CT molecular complexity index is 951. The van der Waals surface area contributed by atoms with Gasteiger partial charge in [0, 0.05) is 18.2 Å². The molecular formula is C16H17N5O2S2. The summed E-state index contributed by atoms with van der Waals surface area (Å²) < 4.78 is 2.27. The third kappa shape index (κ3) is 4.43. The molecule has 7 nitrogen and oxygen atoms in total. The predicted molar refractivity (Wildman–Crippen MR) is 100 cm³/mol. The molecule has 0 saturated heterocycles. The number of fused-ring (bicyclic) bond motifs is 1. The molecule has 0 bridgehead atoms. The number of carbonyl (C=O) groups excluding carboxylic acids is 1. The molecule has 0 fully saturated rings. The Morgan fingerprint density at radius 2 is 2.12 bits per heavy atom. The molecule has 1 N–H and O–H groups in total. The SMILES string of the molecule is CC(C)Sc1nnc(NC(=O)CCn2cnc3ccccc3c2=O)s1. The molecule has 0 spiro atoms. The fourth-order valence-corrected chi connectivity index (χ4v) is 4.17. The number of nitrogens with one attached hydrogen (secondary N) is 1. The molecule has 0 aliphatic heterocycles.